The van der Waals surface area contributed by atoms with E-state index in [-0.39, 0.29) is 4.90 Å². The lowest BCUT2D eigenvalue weighted by atomic mass is 10.0. The van der Waals surface area contributed by atoms with Crippen LogP contribution in [0.15, 0.2) is 76.6 Å². The van der Waals surface area contributed by atoms with E-state index in [1.165, 1.54) is 24.3 Å². The lowest BCUT2D eigenvalue weighted by molar-refractivity contribution is -0.138. The summed E-state index contributed by atoms with van der Waals surface area (Å²) in [5.74, 6) is -1.11. The van der Waals surface area contributed by atoms with Crippen molar-refractivity contribution < 1.29 is 23.1 Å². The Morgan fingerprint density at radius 2 is 1.78 bits per heavy atom. The molecule has 0 unspecified atom stereocenters. The SMILES string of the molecule is O=C(NC[C@H](NS(=O)(=O)c1ccccc1)C(=O)O)c1ccc2cc(CNC3=NCCCN3)ccc2c1. The first-order chi connectivity index (χ1) is 17.3. The predicted molar refractivity (Wildman–Crippen MR) is 136 cm³/mol. The fourth-order valence-electron chi connectivity index (χ4n) is 3.71. The van der Waals surface area contributed by atoms with Gasteiger partial charge in [-0.05, 0) is 53.1 Å². The Morgan fingerprint density at radius 1 is 1.03 bits per heavy atom. The smallest absolute Gasteiger partial charge is 0.323 e. The number of aliphatic carboxylic acids is 1. The van der Waals surface area contributed by atoms with E-state index in [2.05, 4.69) is 25.7 Å². The summed E-state index contributed by atoms with van der Waals surface area (Å²) in [6, 6.07) is 17.0. The van der Waals surface area contributed by atoms with Crippen molar-refractivity contribution in [1.29, 1.82) is 0 Å². The maximum atomic E-state index is 12.7. The molecule has 0 bridgehead atoms. The van der Waals surface area contributed by atoms with Gasteiger partial charge < -0.3 is 21.1 Å². The average Bonchev–Trinajstić information content (AvgIpc) is 2.90. The molecule has 11 heteroatoms. The number of fused-ring (bicyclic) bond motifs is 1. The van der Waals surface area contributed by atoms with Gasteiger partial charge in [0.1, 0.15) is 6.04 Å². The Kier molecular flexibility index (Phi) is 7.81. The molecular formula is C25H27N5O5S. The molecule has 4 rings (SSSR count). The Balaban J connectivity index is 1.38. The third kappa shape index (κ3) is 6.37. The highest BCUT2D eigenvalue weighted by Gasteiger charge is 2.26. The summed E-state index contributed by atoms with van der Waals surface area (Å²) in [4.78, 5) is 28.6. The first kappa shape index (κ1) is 25.1. The highest BCUT2D eigenvalue weighted by Crippen LogP contribution is 2.18. The van der Waals surface area contributed by atoms with Crippen LogP contribution >= 0.6 is 0 Å². The molecule has 5 N–H and O–H groups in total. The number of hydrogen-bond donors (Lipinski definition) is 5. The van der Waals surface area contributed by atoms with Crippen molar-refractivity contribution in [3.63, 3.8) is 0 Å². The summed E-state index contributed by atoms with van der Waals surface area (Å²) in [6.07, 6.45) is 1.03. The summed E-state index contributed by atoms with van der Waals surface area (Å²) in [5, 5.41) is 20.3. The van der Waals surface area contributed by atoms with E-state index in [0.29, 0.717) is 12.1 Å². The van der Waals surface area contributed by atoms with Crippen molar-refractivity contribution in [2.75, 3.05) is 19.6 Å². The van der Waals surface area contributed by atoms with E-state index in [9.17, 15) is 23.1 Å². The summed E-state index contributed by atoms with van der Waals surface area (Å²) < 4.78 is 27.1. The van der Waals surface area contributed by atoms with E-state index in [4.69, 9.17) is 0 Å². The van der Waals surface area contributed by atoms with Crippen molar-refractivity contribution in [3.8, 4) is 0 Å². The van der Waals surface area contributed by atoms with Crippen LogP contribution in [0.2, 0.25) is 0 Å². The van der Waals surface area contributed by atoms with Crippen LogP contribution < -0.4 is 20.7 Å². The third-order valence-corrected chi connectivity index (χ3v) is 7.13. The number of sulfonamides is 1. The molecule has 0 saturated heterocycles. The van der Waals surface area contributed by atoms with Gasteiger partial charge in [-0.15, -0.1) is 0 Å². The van der Waals surface area contributed by atoms with Gasteiger partial charge in [0.05, 0.1) is 4.90 Å². The van der Waals surface area contributed by atoms with Gasteiger partial charge in [-0.2, -0.15) is 4.72 Å². The lowest BCUT2D eigenvalue weighted by Crippen LogP contribution is -2.48. The molecular weight excluding hydrogens is 482 g/mol. The molecule has 1 amide bonds. The van der Waals surface area contributed by atoms with E-state index < -0.39 is 34.5 Å². The van der Waals surface area contributed by atoms with Crippen molar-refractivity contribution >= 4 is 38.6 Å². The normalized spacial score (nSPS) is 14.4. The molecule has 0 radical (unpaired) electrons. The number of benzene rings is 3. The van der Waals surface area contributed by atoms with E-state index in [0.717, 1.165) is 41.8 Å². The molecule has 36 heavy (non-hydrogen) atoms. The molecule has 0 saturated carbocycles. The van der Waals surface area contributed by atoms with E-state index in [1.807, 2.05) is 24.3 Å². The minimum absolute atomic E-state index is 0.0605. The number of nitrogens with zero attached hydrogens (tertiary/aromatic N) is 1. The Labute approximate surface area is 208 Å². The van der Waals surface area contributed by atoms with Gasteiger partial charge in [-0.25, -0.2) is 8.42 Å². The highest BCUT2D eigenvalue weighted by atomic mass is 32.2. The predicted octanol–water partition coefficient (Wildman–Crippen LogP) is 1.44. The maximum Gasteiger partial charge on any atom is 0.323 e. The van der Waals surface area contributed by atoms with Crippen molar-refractivity contribution in [2.45, 2.75) is 23.9 Å². The van der Waals surface area contributed by atoms with E-state index in [1.54, 1.807) is 18.2 Å². The van der Waals surface area contributed by atoms with Crippen molar-refractivity contribution in [2.24, 2.45) is 4.99 Å². The number of carboxylic acids is 1. The summed E-state index contributed by atoms with van der Waals surface area (Å²) in [5.41, 5.74) is 1.40. The monoisotopic (exact) mass is 509 g/mol. The molecule has 1 atom stereocenters. The summed E-state index contributed by atoms with van der Waals surface area (Å²) in [6.45, 7) is 1.91. The first-order valence-electron chi connectivity index (χ1n) is 11.4. The fourth-order valence-corrected chi connectivity index (χ4v) is 4.92. The van der Waals surface area contributed by atoms with Gasteiger partial charge in [0, 0.05) is 31.7 Å². The van der Waals surface area contributed by atoms with Crippen molar-refractivity contribution in [3.05, 3.63) is 77.9 Å². The van der Waals surface area contributed by atoms with Gasteiger partial charge in [0.25, 0.3) is 5.91 Å². The highest BCUT2D eigenvalue weighted by molar-refractivity contribution is 7.89. The third-order valence-electron chi connectivity index (χ3n) is 5.64. The Morgan fingerprint density at radius 3 is 2.50 bits per heavy atom. The number of carbonyl (C=O) groups excluding carboxylic acids is 1. The number of carbonyl (C=O) groups is 2. The number of amides is 1. The number of aliphatic imine (C=N–C) groups is 1. The second-order valence-electron chi connectivity index (χ2n) is 8.30. The standard InChI is InChI=1S/C25H27N5O5S/c31-23(28-16-22(24(32)33)30-36(34,35)21-5-2-1-3-6-21)20-10-9-18-13-17(7-8-19(18)14-20)15-29-25-26-11-4-12-27-25/h1-3,5-10,13-14,22,30H,4,11-12,15-16H2,(H,28,31)(H,32,33)(H2,26,27,29)/t22-/m0/s1. The van der Waals surface area contributed by atoms with Gasteiger partial charge >= 0.3 is 5.97 Å². The molecule has 3 aromatic rings. The molecule has 0 aliphatic carbocycles. The number of guanidine groups is 1. The fraction of sp³-hybridized carbons (Fsp3) is 0.240. The van der Waals surface area contributed by atoms with Crippen molar-refractivity contribution in [1.82, 2.24) is 20.7 Å². The summed E-state index contributed by atoms with van der Waals surface area (Å²) in [7, 11) is -4.06. The average molecular weight is 510 g/mol. The van der Waals surface area contributed by atoms with Crippen LogP contribution in [0.4, 0.5) is 0 Å². The molecule has 3 aromatic carbocycles. The minimum atomic E-state index is -4.06. The molecule has 188 valence electrons. The van der Waals surface area contributed by atoms with Crippen LogP contribution in [-0.4, -0.2) is 57.0 Å². The second kappa shape index (κ2) is 11.2. The second-order valence-corrected chi connectivity index (χ2v) is 10.0. The van der Waals surface area contributed by atoms with Crippen LogP contribution in [0.25, 0.3) is 10.8 Å². The molecule has 0 aromatic heterocycles. The van der Waals surface area contributed by atoms with Crippen LogP contribution in [0.3, 0.4) is 0 Å². The zero-order valence-electron chi connectivity index (χ0n) is 19.4. The summed E-state index contributed by atoms with van der Waals surface area (Å²) >= 11 is 0. The quantitative estimate of drug-likeness (QED) is 0.293. The number of rotatable bonds is 9. The van der Waals surface area contributed by atoms with E-state index >= 15 is 0 Å². The molecule has 0 spiro atoms. The minimum Gasteiger partial charge on any atom is -0.480 e. The molecule has 10 nitrogen and oxygen atoms in total. The molecule has 1 aliphatic rings. The molecule has 0 fully saturated rings. The Bertz CT molecular complexity index is 1390. The number of nitrogens with one attached hydrogen (secondary N) is 4. The molecule has 1 heterocycles. The van der Waals surface area contributed by atoms with Crippen LogP contribution in [0, 0.1) is 0 Å². The van der Waals surface area contributed by atoms with Gasteiger partial charge in [0.15, 0.2) is 5.96 Å². The number of hydrogen-bond acceptors (Lipinski definition) is 7. The maximum absolute atomic E-state index is 12.7. The van der Waals surface area contributed by atoms with Crippen LogP contribution in [0.5, 0.6) is 0 Å². The first-order valence-corrected chi connectivity index (χ1v) is 12.9. The van der Waals surface area contributed by atoms with Crippen LogP contribution in [0.1, 0.15) is 22.3 Å². The zero-order valence-corrected chi connectivity index (χ0v) is 20.2. The van der Waals surface area contributed by atoms with Gasteiger partial charge in [-0.1, -0.05) is 36.4 Å². The Hall–Kier alpha value is -3.96. The topological polar surface area (TPSA) is 149 Å². The van der Waals surface area contributed by atoms with Gasteiger partial charge in [0.2, 0.25) is 10.0 Å². The van der Waals surface area contributed by atoms with Gasteiger partial charge in [-0.3, -0.25) is 14.6 Å². The zero-order chi connectivity index (χ0) is 25.5. The molecule has 1 aliphatic heterocycles. The largest absolute Gasteiger partial charge is 0.480 e. The lowest BCUT2D eigenvalue weighted by Gasteiger charge is -2.16. The van der Waals surface area contributed by atoms with Crippen LogP contribution in [-0.2, 0) is 21.4 Å². The number of carboxylic acid groups (broad SMARTS) is 1.